The summed E-state index contributed by atoms with van der Waals surface area (Å²) in [5, 5.41) is 3.41. The molecular formula is C17H17BrFNO. The van der Waals surface area contributed by atoms with E-state index in [2.05, 4.69) is 33.4 Å². The Morgan fingerprint density at radius 3 is 2.81 bits per heavy atom. The van der Waals surface area contributed by atoms with Crippen LogP contribution in [0.25, 0.3) is 0 Å². The fraction of sp³-hybridized carbons (Fsp3) is 0.294. The summed E-state index contributed by atoms with van der Waals surface area (Å²) in [6.07, 6.45) is 0.971. The third-order valence-corrected chi connectivity index (χ3v) is 4.22. The lowest BCUT2D eigenvalue weighted by molar-refractivity contribution is 0.352. The highest BCUT2D eigenvalue weighted by atomic mass is 79.9. The maximum atomic E-state index is 13.1. The van der Waals surface area contributed by atoms with Crippen LogP contribution in [0.3, 0.4) is 0 Å². The van der Waals surface area contributed by atoms with Crippen LogP contribution in [-0.4, -0.2) is 6.61 Å². The second-order valence-corrected chi connectivity index (χ2v) is 6.24. The molecule has 0 unspecified atom stereocenters. The maximum absolute atomic E-state index is 13.1. The highest BCUT2D eigenvalue weighted by Gasteiger charge is 2.17. The molecule has 2 aromatic carbocycles. The Bertz CT molecular complexity index is 672. The Kier molecular flexibility index (Phi) is 4.27. The van der Waals surface area contributed by atoms with E-state index in [0.29, 0.717) is 6.54 Å². The first-order valence-electron chi connectivity index (χ1n) is 7.03. The number of ether oxygens (including phenoxy) is 1. The quantitative estimate of drug-likeness (QED) is 0.896. The minimum Gasteiger partial charge on any atom is -0.493 e. The van der Waals surface area contributed by atoms with Gasteiger partial charge in [0.05, 0.1) is 6.61 Å². The largest absolute Gasteiger partial charge is 0.493 e. The predicted molar refractivity (Wildman–Crippen MR) is 85.0 cm³/mol. The average Bonchev–Trinajstić information content (AvgIpc) is 2.89. The van der Waals surface area contributed by atoms with Gasteiger partial charge in [0, 0.05) is 29.5 Å². The molecule has 1 aliphatic rings. The van der Waals surface area contributed by atoms with Crippen LogP contribution in [0.1, 0.15) is 22.3 Å². The number of nitrogens with one attached hydrogen (secondary N) is 1. The van der Waals surface area contributed by atoms with Gasteiger partial charge in [0.2, 0.25) is 0 Å². The summed E-state index contributed by atoms with van der Waals surface area (Å²) in [6, 6.07) is 9.12. The molecule has 2 nitrogen and oxygen atoms in total. The van der Waals surface area contributed by atoms with E-state index in [1.54, 1.807) is 6.07 Å². The molecule has 4 heteroatoms. The lowest BCUT2D eigenvalue weighted by Gasteiger charge is -2.11. The number of aryl methyl sites for hydroxylation is 1. The fourth-order valence-electron chi connectivity index (χ4n) is 2.67. The Morgan fingerprint density at radius 1 is 1.19 bits per heavy atom. The average molecular weight is 350 g/mol. The van der Waals surface area contributed by atoms with E-state index < -0.39 is 0 Å². The fourth-order valence-corrected chi connectivity index (χ4v) is 3.22. The van der Waals surface area contributed by atoms with Crippen LogP contribution in [0.15, 0.2) is 34.8 Å². The molecule has 0 amide bonds. The number of hydrogen-bond donors (Lipinski definition) is 1. The van der Waals surface area contributed by atoms with Crippen molar-refractivity contribution in [1.82, 2.24) is 5.32 Å². The van der Waals surface area contributed by atoms with Crippen LogP contribution in [0, 0.1) is 12.7 Å². The minimum atomic E-state index is -0.186. The summed E-state index contributed by atoms with van der Waals surface area (Å²) < 4.78 is 19.9. The standard InChI is InChI=1S/C17H17BrFNO/c1-11-6-16(19)3-2-13(11)9-20-10-14-8-15(18)7-12-4-5-21-17(12)14/h2-3,6-8,20H,4-5,9-10H2,1H3. The molecule has 110 valence electrons. The molecular weight excluding hydrogens is 333 g/mol. The van der Waals surface area contributed by atoms with Gasteiger partial charge in [0.25, 0.3) is 0 Å². The first-order valence-corrected chi connectivity index (χ1v) is 7.82. The third kappa shape index (κ3) is 3.27. The number of fused-ring (bicyclic) bond motifs is 1. The molecule has 0 saturated carbocycles. The monoisotopic (exact) mass is 349 g/mol. The van der Waals surface area contributed by atoms with Gasteiger partial charge in [0.1, 0.15) is 11.6 Å². The number of halogens is 2. The molecule has 2 aromatic rings. The van der Waals surface area contributed by atoms with Crippen LogP contribution in [0.2, 0.25) is 0 Å². The van der Waals surface area contributed by atoms with Crippen LogP contribution in [0.4, 0.5) is 4.39 Å². The zero-order valence-corrected chi connectivity index (χ0v) is 13.5. The topological polar surface area (TPSA) is 21.3 Å². The summed E-state index contributed by atoms with van der Waals surface area (Å²) in [5.74, 6) is 0.830. The van der Waals surface area contributed by atoms with E-state index >= 15 is 0 Å². The zero-order chi connectivity index (χ0) is 14.8. The molecule has 3 rings (SSSR count). The van der Waals surface area contributed by atoms with E-state index in [-0.39, 0.29) is 5.82 Å². The van der Waals surface area contributed by atoms with E-state index in [4.69, 9.17) is 4.74 Å². The van der Waals surface area contributed by atoms with Crippen molar-refractivity contribution < 1.29 is 9.13 Å². The molecule has 21 heavy (non-hydrogen) atoms. The van der Waals surface area contributed by atoms with Crippen molar-refractivity contribution in [2.45, 2.75) is 26.4 Å². The van der Waals surface area contributed by atoms with Gasteiger partial charge in [-0.25, -0.2) is 4.39 Å². The summed E-state index contributed by atoms with van der Waals surface area (Å²) in [7, 11) is 0. The Labute approximate surface area is 132 Å². The van der Waals surface area contributed by atoms with E-state index in [0.717, 1.165) is 46.5 Å². The first kappa shape index (κ1) is 14.5. The molecule has 1 heterocycles. The van der Waals surface area contributed by atoms with Gasteiger partial charge < -0.3 is 10.1 Å². The molecule has 1 aliphatic heterocycles. The zero-order valence-electron chi connectivity index (χ0n) is 11.9. The highest BCUT2D eigenvalue weighted by Crippen LogP contribution is 2.32. The van der Waals surface area contributed by atoms with Gasteiger partial charge in [-0.2, -0.15) is 0 Å². The maximum Gasteiger partial charge on any atom is 0.127 e. The van der Waals surface area contributed by atoms with Gasteiger partial charge in [-0.1, -0.05) is 22.0 Å². The second-order valence-electron chi connectivity index (χ2n) is 5.33. The highest BCUT2D eigenvalue weighted by molar-refractivity contribution is 9.10. The number of rotatable bonds is 4. The van der Waals surface area contributed by atoms with E-state index in [9.17, 15) is 4.39 Å². The molecule has 1 N–H and O–H groups in total. The van der Waals surface area contributed by atoms with Gasteiger partial charge in [-0.15, -0.1) is 0 Å². The van der Waals surface area contributed by atoms with E-state index in [1.807, 2.05) is 13.0 Å². The van der Waals surface area contributed by atoms with Crippen molar-refractivity contribution in [2.75, 3.05) is 6.61 Å². The molecule has 0 fully saturated rings. The smallest absolute Gasteiger partial charge is 0.127 e. The van der Waals surface area contributed by atoms with Crippen molar-refractivity contribution in [3.05, 3.63) is 62.9 Å². The van der Waals surface area contributed by atoms with Crippen molar-refractivity contribution in [3.63, 3.8) is 0 Å². The molecule has 0 aliphatic carbocycles. The summed E-state index contributed by atoms with van der Waals surface area (Å²) in [6.45, 7) is 4.14. The third-order valence-electron chi connectivity index (χ3n) is 3.76. The number of benzene rings is 2. The van der Waals surface area contributed by atoms with Gasteiger partial charge in [0.15, 0.2) is 0 Å². The Hall–Kier alpha value is -1.39. The molecule has 0 radical (unpaired) electrons. The van der Waals surface area contributed by atoms with E-state index in [1.165, 1.54) is 11.6 Å². The molecule has 0 atom stereocenters. The SMILES string of the molecule is Cc1cc(F)ccc1CNCc1cc(Br)cc2c1OCC2. The van der Waals surface area contributed by atoms with Crippen LogP contribution >= 0.6 is 15.9 Å². The first-order chi connectivity index (χ1) is 10.1. The molecule has 0 spiro atoms. The summed E-state index contributed by atoms with van der Waals surface area (Å²) in [5.41, 5.74) is 4.51. The van der Waals surface area contributed by atoms with Gasteiger partial charge in [-0.3, -0.25) is 0 Å². The normalized spacial score (nSPS) is 13.1. The van der Waals surface area contributed by atoms with Gasteiger partial charge >= 0.3 is 0 Å². The lowest BCUT2D eigenvalue weighted by atomic mass is 10.1. The Morgan fingerprint density at radius 2 is 2.00 bits per heavy atom. The number of hydrogen-bond acceptors (Lipinski definition) is 2. The molecule has 0 saturated heterocycles. The minimum absolute atomic E-state index is 0.186. The van der Waals surface area contributed by atoms with Gasteiger partial charge in [-0.05, 0) is 47.9 Å². The van der Waals surface area contributed by atoms with Crippen molar-refractivity contribution in [2.24, 2.45) is 0 Å². The Balaban J connectivity index is 1.68. The lowest BCUT2D eigenvalue weighted by Crippen LogP contribution is -2.14. The molecule has 0 aromatic heterocycles. The second kappa shape index (κ2) is 6.16. The van der Waals surface area contributed by atoms with Crippen molar-refractivity contribution in [3.8, 4) is 5.75 Å². The van der Waals surface area contributed by atoms with Crippen molar-refractivity contribution in [1.29, 1.82) is 0 Å². The van der Waals surface area contributed by atoms with Crippen LogP contribution in [-0.2, 0) is 19.5 Å². The van der Waals surface area contributed by atoms with Crippen molar-refractivity contribution >= 4 is 15.9 Å². The summed E-state index contributed by atoms with van der Waals surface area (Å²) in [4.78, 5) is 0. The molecule has 0 bridgehead atoms. The van der Waals surface area contributed by atoms with Crippen LogP contribution in [0.5, 0.6) is 5.75 Å². The summed E-state index contributed by atoms with van der Waals surface area (Å²) >= 11 is 3.55. The van der Waals surface area contributed by atoms with Crippen LogP contribution < -0.4 is 10.1 Å². The predicted octanol–water partition coefficient (Wildman–Crippen LogP) is 4.12.